The van der Waals surface area contributed by atoms with Gasteiger partial charge in [-0.3, -0.25) is 0 Å². The van der Waals surface area contributed by atoms with E-state index in [0.717, 1.165) is 24.3 Å². The van der Waals surface area contributed by atoms with Crippen LogP contribution in [0.5, 0.6) is 0 Å². The topological polar surface area (TPSA) is 56.1 Å². The molecule has 0 saturated heterocycles. The van der Waals surface area contributed by atoms with Gasteiger partial charge in [-0.25, -0.2) is 0 Å². The van der Waals surface area contributed by atoms with Crippen molar-refractivity contribution in [3.63, 3.8) is 0 Å². The summed E-state index contributed by atoms with van der Waals surface area (Å²) < 4.78 is 0. The lowest BCUT2D eigenvalue weighted by molar-refractivity contribution is 0.196. The molecule has 1 aliphatic carbocycles. The van der Waals surface area contributed by atoms with Crippen molar-refractivity contribution >= 4 is 5.82 Å². The minimum Gasteiger partial charge on any atom is -0.356 e. The molecule has 120 valence electrons. The highest BCUT2D eigenvalue weighted by molar-refractivity contribution is 5.57. The van der Waals surface area contributed by atoms with Crippen molar-refractivity contribution in [2.24, 2.45) is 0 Å². The van der Waals surface area contributed by atoms with Gasteiger partial charge in [-0.1, -0.05) is 19.3 Å². The van der Waals surface area contributed by atoms with Crippen LogP contribution in [0.2, 0.25) is 0 Å². The van der Waals surface area contributed by atoms with Crippen LogP contribution < -0.4 is 4.90 Å². The summed E-state index contributed by atoms with van der Waals surface area (Å²) in [6.07, 6.45) is 6.71. The molecular weight excluding hydrogens is 274 g/mol. The molecule has 0 amide bonds. The van der Waals surface area contributed by atoms with Gasteiger partial charge in [0.25, 0.3) is 0 Å². The molecule has 1 aromatic rings. The number of aryl methyl sites for hydroxylation is 1. The van der Waals surface area contributed by atoms with Crippen molar-refractivity contribution in [2.75, 3.05) is 32.1 Å². The van der Waals surface area contributed by atoms with E-state index in [4.69, 9.17) is 0 Å². The average Bonchev–Trinajstić information content (AvgIpc) is 2.55. The minimum absolute atomic E-state index is 0.648. The van der Waals surface area contributed by atoms with E-state index in [1.165, 1.54) is 32.1 Å². The maximum atomic E-state index is 9.40. The standard InChI is InChI=1S/C17H27N5/c1-13-14(2)19-20-17(16(13)12-18)22(4)11-10-21(3)15-8-6-5-7-9-15/h15H,5-11H2,1-4H3. The van der Waals surface area contributed by atoms with E-state index >= 15 is 0 Å². The van der Waals surface area contributed by atoms with Crippen molar-refractivity contribution < 1.29 is 0 Å². The number of hydrogen-bond donors (Lipinski definition) is 0. The van der Waals surface area contributed by atoms with Gasteiger partial charge in [0.05, 0.1) is 5.69 Å². The summed E-state index contributed by atoms with van der Waals surface area (Å²) >= 11 is 0. The Balaban J connectivity index is 1.99. The molecule has 0 aromatic carbocycles. The maximum absolute atomic E-state index is 9.40. The summed E-state index contributed by atoms with van der Waals surface area (Å²) in [7, 11) is 4.20. The van der Waals surface area contributed by atoms with Gasteiger partial charge in [0.2, 0.25) is 0 Å². The molecule has 1 aromatic heterocycles. The first-order chi connectivity index (χ1) is 10.5. The molecule has 5 nitrogen and oxygen atoms in total. The van der Waals surface area contributed by atoms with Crippen LogP contribution in [0.15, 0.2) is 0 Å². The zero-order valence-electron chi connectivity index (χ0n) is 14.3. The lowest BCUT2D eigenvalue weighted by Gasteiger charge is -2.32. The Morgan fingerprint density at radius 3 is 2.41 bits per heavy atom. The van der Waals surface area contributed by atoms with E-state index < -0.39 is 0 Å². The number of nitriles is 1. The van der Waals surface area contributed by atoms with Gasteiger partial charge >= 0.3 is 0 Å². The lowest BCUT2D eigenvalue weighted by atomic mass is 9.94. The Bertz CT molecular complexity index is 543. The second kappa shape index (κ2) is 7.55. The van der Waals surface area contributed by atoms with Crippen molar-refractivity contribution in [3.05, 3.63) is 16.8 Å². The Morgan fingerprint density at radius 1 is 1.09 bits per heavy atom. The van der Waals surface area contributed by atoms with Crippen LogP contribution in [-0.4, -0.2) is 48.3 Å². The number of rotatable bonds is 5. The molecule has 1 saturated carbocycles. The quantitative estimate of drug-likeness (QED) is 0.837. The molecule has 0 bridgehead atoms. The fourth-order valence-electron chi connectivity index (χ4n) is 3.12. The van der Waals surface area contributed by atoms with Gasteiger partial charge in [0.1, 0.15) is 11.6 Å². The predicted molar refractivity (Wildman–Crippen MR) is 89.0 cm³/mol. The fraction of sp³-hybridized carbons (Fsp3) is 0.706. The Labute approximate surface area is 133 Å². The van der Waals surface area contributed by atoms with Crippen LogP contribution in [0, 0.1) is 25.2 Å². The van der Waals surface area contributed by atoms with Crippen molar-refractivity contribution in [1.29, 1.82) is 5.26 Å². The molecule has 0 atom stereocenters. The predicted octanol–water partition coefficient (Wildman–Crippen LogP) is 2.67. The third-order valence-electron chi connectivity index (χ3n) is 4.90. The first-order valence-corrected chi connectivity index (χ1v) is 8.20. The van der Waals surface area contributed by atoms with Gasteiger partial charge in [0.15, 0.2) is 5.82 Å². The van der Waals surface area contributed by atoms with E-state index in [2.05, 4.69) is 33.1 Å². The Hall–Kier alpha value is -1.67. The van der Waals surface area contributed by atoms with Crippen molar-refractivity contribution in [1.82, 2.24) is 15.1 Å². The minimum atomic E-state index is 0.648. The monoisotopic (exact) mass is 301 g/mol. The summed E-state index contributed by atoms with van der Waals surface area (Å²) in [6, 6.07) is 2.99. The van der Waals surface area contributed by atoms with Crippen molar-refractivity contribution in [2.45, 2.75) is 52.0 Å². The SMILES string of the molecule is Cc1nnc(N(C)CCN(C)C2CCCCC2)c(C#N)c1C. The molecule has 1 aliphatic rings. The third-order valence-corrected chi connectivity index (χ3v) is 4.90. The van der Waals surface area contributed by atoms with Gasteiger partial charge in [-0.05, 0) is 39.3 Å². The van der Waals surface area contributed by atoms with Gasteiger partial charge < -0.3 is 9.80 Å². The molecule has 0 spiro atoms. The summed E-state index contributed by atoms with van der Waals surface area (Å²) in [4.78, 5) is 4.51. The van der Waals surface area contributed by atoms with Gasteiger partial charge in [-0.2, -0.15) is 10.4 Å². The second-order valence-electron chi connectivity index (χ2n) is 6.41. The van der Waals surface area contributed by atoms with Crippen LogP contribution in [-0.2, 0) is 0 Å². The number of aromatic nitrogens is 2. The summed E-state index contributed by atoms with van der Waals surface area (Å²) in [5.41, 5.74) is 2.41. The first kappa shape index (κ1) is 16.7. The molecular formula is C17H27N5. The van der Waals surface area contributed by atoms with E-state index in [1.54, 1.807) is 0 Å². The number of anilines is 1. The number of nitrogens with zero attached hydrogens (tertiary/aromatic N) is 5. The molecule has 1 heterocycles. The van der Waals surface area contributed by atoms with E-state index in [-0.39, 0.29) is 0 Å². The number of likely N-dealkylation sites (N-methyl/N-ethyl adjacent to an activating group) is 2. The summed E-state index contributed by atoms with van der Waals surface area (Å²) in [6.45, 7) is 5.68. The highest BCUT2D eigenvalue weighted by Crippen LogP contribution is 2.22. The summed E-state index contributed by atoms with van der Waals surface area (Å²) in [5, 5.41) is 17.8. The Kier molecular flexibility index (Phi) is 5.73. The maximum Gasteiger partial charge on any atom is 0.169 e. The van der Waals surface area contributed by atoms with Crippen LogP contribution in [0.3, 0.4) is 0 Å². The molecule has 0 N–H and O–H groups in total. The third kappa shape index (κ3) is 3.75. The van der Waals surface area contributed by atoms with E-state index in [9.17, 15) is 5.26 Å². The largest absolute Gasteiger partial charge is 0.356 e. The van der Waals surface area contributed by atoms with E-state index in [1.807, 2.05) is 20.9 Å². The zero-order chi connectivity index (χ0) is 16.1. The fourth-order valence-corrected chi connectivity index (χ4v) is 3.12. The molecule has 0 unspecified atom stereocenters. The average molecular weight is 301 g/mol. The van der Waals surface area contributed by atoms with Crippen LogP contribution >= 0.6 is 0 Å². The highest BCUT2D eigenvalue weighted by atomic mass is 15.3. The lowest BCUT2D eigenvalue weighted by Crippen LogP contribution is -2.39. The second-order valence-corrected chi connectivity index (χ2v) is 6.41. The number of hydrogen-bond acceptors (Lipinski definition) is 5. The zero-order valence-corrected chi connectivity index (χ0v) is 14.3. The molecule has 22 heavy (non-hydrogen) atoms. The van der Waals surface area contributed by atoms with Gasteiger partial charge in [0, 0.05) is 26.2 Å². The molecule has 0 radical (unpaired) electrons. The molecule has 2 rings (SSSR count). The van der Waals surface area contributed by atoms with E-state index in [0.29, 0.717) is 17.4 Å². The summed E-state index contributed by atoms with van der Waals surface area (Å²) in [5.74, 6) is 0.697. The highest BCUT2D eigenvalue weighted by Gasteiger charge is 2.19. The Morgan fingerprint density at radius 2 is 1.77 bits per heavy atom. The van der Waals surface area contributed by atoms with Crippen LogP contribution in [0.1, 0.15) is 48.9 Å². The normalized spacial score (nSPS) is 15.8. The molecule has 5 heteroatoms. The van der Waals surface area contributed by atoms with Gasteiger partial charge in [-0.15, -0.1) is 5.10 Å². The first-order valence-electron chi connectivity index (χ1n) is 8.20. The molecule has 0 aliphatic heterocycles. The molecule has 1 fully saturated rings. The van der Waals surface area contributed by atoms with Crippen LogP contribution in [0.25, 0.3) is 0 Å². The smallest absolute Gasteiger partial charge is 0.169 e. The van der Waals surface area contributed by atoms with Crippen molar-refractivity contribution in [3.8, 4) is 6.07 Å². The van der Waals surface area contributed by atoms with Crippen LogP contribution in [0.4, 0.5) is 5.82 Å².